The van der Waals surface area contributed by atoms with Gasteiger partial charge in [-0.1, -0.05) is 0 Å². The van der Waals surface area contributed by atoms with E-state index in [1.807, 2.05) is 18.7 Å². The van der Waals surface area contributed by atoms with Gasteiger partial charge in [-0.25, -0.2) is 9.78 Å². The fourth-order valence-corrected chi connectivity index (χ4v) is 2.13. The van der Waals surface area contributed by atoms with Crippen LogP contribution in [-0.2, 0) is 9.47 Å². The molecule has 1 aromatic rings. The average molecular weight is 265 g/mol. The van der Waals surface area contributed by atoms with Gasteiger partial charge in [-0.05, 0) is 26.0 Å². The van der Waals surface area contributed by atoms with Gasteiger partial charge in [0.25, 0.3) is 0 Å². The van der Waals surface area contributed by atoms with Crippen LogP contribution in [0.1, 0.15) is 24.3 Å². The molecule has 6 nitrogen and oxygen atoms in total. The largest absolute Gasteiger partial charge is 0.464 e. The summed E-state index contributed by atoms with van der Waals surface area (Å²) in [5.74, 6) is 0.146. The number of anilines is 2. The number of esters is 1. The molecule has 0 aliphatic carbocycles. The minimum absolute atomic E-state index is 0.256. The van der Waals surface area contributed by atoms with Gasteiger partial charge < -0.3 is 20.1 Å². The van der Waals surface area contributed by atoms with Gasteiger partial charge in [-0.3, -0.25) is 0 Å². The monoisotopic (exact) mass is 265 g/mol. The smallest absolute Gasteiger partial charge is 0.356 e. The van der Waals surface area contributed by atoms with Crippen molar-refractivity contribution in [3.8, 4) is 0 Å². The first-order chi connectivity index (χ1) is 8.93. The SMILES string of the molecule is COC(=O)c1ccc(N)c(N2CCOC(C)(C)C2)n1. The Morgan fingerprint density at radius 3 is 2.89 bits per heavy atom. The third kappa shape index (κ3) is 2.96. The van der Waals surface area contributed by atoms with E-state index < -0.39 is 5.97 Å². The molecule has 1 aliphatic heterocycles. The quantitative estimate of drug-likeness (QED) is 0.806. The first-order valence-corrected chi connectivity index (χ1v) is 6.17. The minimum Gasteiger partial charge on any atom is -0.464 e. The predicted molar refractivity (Wildman–Crippen MR) is 72.2 cm³/mol. The third-order valence-electron chi connectivity index (χ3n) is 3.03. The summed E-state index contributed by atoms with van der Waals surface area (Å²) in [7, 11) is 1.33. The molecule has 19 heavy (non-hydrogen) atoms. The summed E-state index contributed by atoms with van der Waals surface area (Å²) in [6, 6.07) is 3.24. The molecule has 2 heterocycles. The number of ether oxygens (including phenoxy) is 2. The lowest BCUT2D eigenvalue weighted by Gasteiger charge is -2.39. The van der Waals surface area contributed by atoms with Crippen molar-refractivity contribution < 1.29 is 14.3 Å². The zero-order chi connectivity index (χ0) is 14.0. The van der Waals surface area contributed by atoms with Crippen molar-refractivity contribution in [3.05, 3.63) is 17.8 Å². The van der Waals surface area contributed by atoms with Crippen molar-refractivity contribution in [2.45, 2.75) is 19.4 Å². The van der Waals surface area contributed by atoms with Gasteiger partial charge in [0.1, 0.15) is 0 Å². The molecule has 1 saturated heterocycles. The van der Waals surface area contributed by atoms with Crippen molar-refractivity contribution in [3.63, 3.8) is 0 Å². The lowest BCUT2D eigenvalue weighted by molar-refractivity contribution is -0.0278. The second kappa shape index (κ2) is 5.05. The van der Waals surface area contributed by atoms with Crippen LogP contribution in [-0.4, -0.2) is 43.4 Å². The number of nitrogens with zero attached hydrogens (tertiary/aromatic N) is 2. The summed E-state index contributed by atoms with van der Waals surface area (Å²) in [5.41, 5.74) is 6.50. The van der Waals surface area contributed by atoms with Crippen LogP contribution >= 0.6 is 0 Å². The zero-order valence-corrected chi connectivity index (χ0v) is 11.5. The van der Waals surface area contributed by atoms with Crippen molar-refractivity contribution in [1.29, 1.82) is 0 Å². The Morgan fingerprint density at radius 2 is 2.26 bits per heavy atom. The number of carbonyl (C=O) groups is 1. The topological polar surface area (TPSA) is 77.7 Å². The molecule has 0 radical (unpaired) electrons. The van der Waals surface area contributed by atoms with Gasteiger partial charge in [0.05, 0.1) is 25.0 Å². The van der Waals surface area contributed by atoms with Crippen LogP contribution in [0.4, 0.5) is 11.5 Å². The molecule has 6 heteroatoms. The molecule has 0 bridgehead atoms. The predicted octanol–water partition coefficient (Wildman–Crippen LogP) is 1.07. The van der Waals surface area contributed by atoms with Gasteiger partial charge in [-0.15, -0.1) is 0 Å². The van der Waals surface area contributed by atoms with Gasteiger partial charge >= 0.3 is 5.97 Å². The lowest BCUT2D eigenvalue weighted by Crippen LogP contribution is -2.49. The molecular formula is C13H19N3O3. The van der Waals surface area contributed by atoms with Crippen LogP contribution in [0.25, 0.3) is 0 Å². The molecule has 1 aliphatic rings. The molecule has 1 fully saturated rings. The number of nitrogen functional groups attached to an aromatic ring is 1. The zero-order valence-electron chi connectivity index (χ0n) is 11.5. The van der Waals surface area contributed by atoms with Crippen LogP contribution in [0, 0.1) is 0 Å². The number of morpholine rings is 1. The maximum absolute atomic E-state index is 11.5. The molecule has 1 aromatic heterocycles. The van der Waals surface area contributed by atoms with Gasteiger partial charge in [0, 0.05) is 13.1 Å². The first-order valence-electron chi connectivity index (χ1n) is 6.17. The molecular weight excluding hydrogens is 246 g/mol. The van der Waals surface area contributed by atoms with E-state index in [1.165, 1.54) is 7.11 Å². The van der Waals surface area contributed by atoms with E-state index in [4.69, 9.17) is 10.5 Å². The fourth-order valence-electron chi connectivity index (χ4n) is 2.13. The van der Waals surface area contributed by atoms with E-state index in [1.54, 1.807) is 12.1 Å². The molecule has 0 aromatic carbocycles. The number of pyridine rings is 1. The Kier molecular flexibility index (Phi) is 3.61. The number of nitrogens with two attached hydrogens (primary N) is 1. The molecule has 0 atom stereocenters. The molecule has 104 valence electrons. The molecule has 0 amide bonds. The van der Waals surface area contributed by atoms with Crippen LogP contribution in [0.15, 0.2) is 12.1 Å². The Morgan fingerprint density at radius 1 is 1.53 bits per heavy atom. The van der Waals surface area contributed by atoms with E-state index in [0.717, 1.165) is 0 Å². The normalized spacial score (nSPS) is 18.2. The van der Waals surface area contributed by atoms with E-state index >= 15 is 0 Å². The number of rotatable bonds is 2. The van der Waals surface area contributed by atoms with E-state index in [0.29, 0.717) is 31.2 Å². The van der Waals surface area contributed by atoms with Crippen molar-refractivity contribution in [2.75, 3.05) is 37.4 Å². The fraction of sp³-hybridized carbons (Fsp3) is 0.538. The summed E-state index contributed by atoms with van der Waals surface area (Å²) >= 11 is 0. The summed E-state index contributed by atoms with van der Waals surface area (Å²) < 4.78 is 10.3. The van der Waals surface area contributed by atoms with Gasteiger partial charge in [0.2, 0.25) is 0 Å². The summed E-state index contributed by atoms with van der Waals surface area (Å²) in [5, 5.41) is 0. The molecule has 0 unspecified atom stereocenters. The van der Waals surface area contributed by atoms with Gasteiger partial charge in [-0.2, -0.15) is 0 Å². The van der Waals surface area contributed by atoms with Crippen LogP contribution in [0.3, 0.4) is 0 Å². The maximum Gasteiger partial charge on any atom is 0.356 e. The lowest BCUT2D eigenvalue weighted by atomic mass is 10.1. The highest BCUT2D eigenvalue weighted by Gasteiger charge is 2.29. The number of methoxy groups -OCH3 is 1. The summed E-state index contributed by atoms with van der Waals surface area (Å²) in [4.78, 5) is 17.9. The Hall–Kier alpha value is -1.82. The summed E-state index contributed by atoms with van der Waals surface area (Å²) in [6.07, 6.45) is 0. The highest BCUT2D eigenvalue weighted by molar-refractivity contribution is 5.88. The number of carbonyl (C=O) groups excluding carboxylic acids is 1. The Balaban J connectivity index is 2.30. The van der Waals surface area contributed by atoms with E-state index in [-0.39, 0.29) is 11.3 Å². The number of aromatic nitrogens is 1. The highest BCUT2D eigenvalue weighted by Crippen LogP contribution is 2.26. The van der Waals surface area contributed by atoms with Crippen LogP contribution < -0.4 is 10.6 Å². The van der Waals surface area contributed by atoms with Gasteiger partial charge in [0.15, 0.2) is 11.5 Å². The molecule has 2 rings (SSSR count). The number of hydrogen-bond donors (Lipinski definition) is 1. The second-order valence-electron chi connectivity index (χ2n) is 5.13. The maximum atomic E-state index is 11.5. The Bertz CT molecular complexity index is 488. The number of hydrogen-bond acceptors (Lipinski definition) is 6. The molecule has 2 N–H and O–H groups in total. The molecule has 0 saturated carbocycles. The van der Waals surface area contributed by atoms with E-state index in [2.05, 4.69) is 9.72 Å². The van der Waals surface area contributed by atoms with Crippen molar-refractivity contribution in [2.24, 2.45) is 0 Å². The molecule has 0 spiro atoms. The van der Waals surface area contributed by atoms with Crippen molar-refractivity contribution in [1.82, 2.24) is 4.98 Å². The van der Waals surface area contributed by atoms with E-state index in [9.17, 15) is 4.79 Å². The van der Waals surface area contributed by atoms with Crippen LogP contribution in [0.2, 0.25) is 0 Å². The first kappa shape index (κ1) is 13.6. The second-order valence-corrected chi connectivity index (χ2v) is 5.13. The van der Waals surface area contributed by atoms with Crippen LogP contribution in [0.5, 0.6) is 0 Å². The third-order valence-corrected chi connectivity index (χ3v) is 3.03. The summed E-state index contributed by atoms with van der Waals surface area (Å²) in [6.45, 7) is 6.01. The van der Waals surface area contributed by atoms with Crippen molar-refractivity contribution >= 4 is 17.5 Å². The standard InChI is InChI=1S/C13H19N3O3/c1-13(2)8-16(6-7-19-13)11-9(14)4-5-10(15-11)12(17)18-3/h4-5H,6-8,14H2,1-3H3. The average Bonchev–Trinajstić information content (AvgIpc) is 2.37. The highest BCUT2D eigenvalue weighted by atomic mass is 16.5. The Labute approximate surface area is 112 Å². The minimum atomic E-state index is -0.464.